The minimum absolute atomic E-state index is 0.289. The van der Waals surface area contributed by atoms with Crippen LogP contribution in [0.4, 0.5) is 0 Å². The van der Waals surface area contributed by atoms with Crippen molar-refractivity contribution in [2.24, 2.45) is 4.99 Å². The molecule has 0 radical (unpaired) electrons. The molecule has 1 heterocycles. The minimum Gasteiger partial charge on any atom is -0.351 e. The summed E-state index contributed by atoms with van der Waals surface area (Å²) in [6, 6.07) is 0. The van der Waals surface area contributed by atoms with Crippen LogP contribution in [0.3, 0.4) is 0 Å². The number of alkyl halides is 1. The Balaban J connectivity index is 2.59. The number of rotatable bonds is 0. The fourth-order valence-electron chi connectivity index (χ4n) is 0.471. The summed E-state index contributed by atoms with van der Waals surface area (Å²) in [6.07, 6.45) is 5.75. The average molecular weight is 222 g/mol. The molecule has 1 aliphatic rings. The molecule has 0 aliphatic carbocycles. The monoisotopic (exact) mass is 222 g/mol. The average Bonchev–Trinajstić information content (AvgIpc) is 1.77. The number of allylic oxidation sites excluding steroid dienone is 1. The van der Waals surface area contributed by atoms with Gasteiger partial charge < -0.3 is 4.90 Å². The maximum Gasteiger partial charge on any atom is 0.172 e. The molecule has 44 valence electrons. The highest BCUT2D eigenvalue weighted by atomic mass is 127. The molecule has 1 unspecified atom stereocenters. The smallest absolute Gasteiger partial charge is 0.172 e. The molecule has 0 saturated heterocycles. The van der Waals surface area contributed by atoms with E-state index in [0.29, 0.717) is 0 Å². The van der Waals surface area contributed by atoms with E-state index in [1.807, 2.05) is 30.4 Å². The molecule has 0 aromatic carbocycles. The molecule has 0 spiro atoms. The van der Waals surface area contributed by atoms with Crippen molar-refractivity contribution in [2.45, 2.75) is 4.17 Å². The molecule has 0 fully saturated rings. The first-order valence-electron chi connectivity index (χ1n) is 2.36. The summed E-state index contributed by atoms with van der Waals surface area (Å²) in [5.41, 5.74) is 0. The van der Waals surface area contributed by atoms with Crippen molar-refractivity contribution in [3.05, 3.63) is 12.3 Å². The van der Waals surface area contributed by atoms with Gasteiger partial charge in [0.25, 0.3) is 0 Å². The second-order valence-electron chi connectivity index (χ2n) is 1.62. The summed E-state index contributed by atoms with van der Waals surface area (Å²) in [7, 11) is 2.00. The van der Waals surface area contributed by atoms with Crippen molar-refractivity contribution in [2.75, 3.05) is 7.05 Å². The summed E-state index contributed by atoms with van der Waals surface area (Å²) in [5, 5.41) is 0. The van der Waals surface area contributed by atoms with E-state index in [-0.39, 0.29) is 4.17 Å². The highest BCUT2D eigenvalue weighted by Gasteiger charge is 2.03. The lowest BCUT2D eigenvalue weighted by molar-refractivity contribution is 0.451. The van der Waals surface area contributed by atoms with Crippen LogP contribution in [0.5, 0.6) is 0 Å². The maximum atomic E-state index is 4.11. The lowest BCUT2D eigenvalue weighted by Crippen LogP contribution is -2.20. The standard InChI is InChI=1S/C5H7IN2/c1-8-4-2-3-7-5(8)6/h2-5H,1H3. The van der Waals surface area contributed by atoms with Crippen molar-refractivity contribution in [3.63, 3.8) is 0 Å². The van der Waals surface area contributed by atoms with Crippen LogP contribution >= 0.6 is 22.6 Å². The minimum atomic E-state index is 0.289. The highest BCUT2D eigenvalue weighted by molar-refractivity contribution is 14.1. The van der Waals surface area contributed by atoms with E-state index in [0.717, 1.165) is 0 Å². The molecule has 1 rings (SSSR count). The number of halogens is 1. The van der Waals surface area contributed by atoms with Gasteiger partial charge in [-0.1, -0.05) is 0 Å². The van der Waals surface area contributed by atoms with Gasteiger partial charge >= 0.3 is 0 Å². The van der Waals surface area contributed by atoms with E-state index in [1.165, 1.54) is 0 Å². The van der Waals surface area contributed by atoms with Gasteiger partial charge in [0.2, 0.25) is 0 Å². The quantitative estimate of drug-likeness (QED) is 0.342. The summed E-state index contributed by atoms with van der Waals surface area (Å²) >= 11 is 2.26. The zero-order valence-corrected chi connectivity index (χ0v) is 6.74. The molecule has 0 amide bonds. The molecule has 0 bridgehead atoms. The molecule has 8 heavy (non-hydrogen) atoms. The van der Waals surface area contributed by atoms with Crippen LogP contribution in [0.25, 0.3) is 0 Å². The van der Waals surface area contributed by atoms with Gasteiger partial charge in [-0.15, -0.1) is 0 Å². The number of aliphatic imine (C=N–C) groups is 1. The van der Waals surface area contributed by atoms with Gasteiger partial charge in [-0.05, 0) is 28.7 Å². The van der Waals surface area contributed by atoms with Gasteiger partial charge in [-0.25, -0.2) is 0 Å². The molecule has 1 aliphatic heterocycles. The summed E-state index contributed by atoms with van der Waals surface area (Å²) < 4.78 is 0.289. The van der Waals surface area contributed by atoms with Crippen molar-refractivity contribution in [3.8, 4) is 0 Å². The molecule has 1 atom stereocenters. The van der Waals surface area contributed by atoms with Gasteiger partial charge in [0.1, 0.15) is 0 Å². The molecule has 3 heteroatoms. The molecule has 0 aromatic rings. The van der Waals surface area contributed by atoms with Gasteiger partial charge in [0.15, 0.2) is 4.17 Å². The van der Waals surface area contributed by atoms with E-state index in [4.69, 9.17) is 0 Å². The van der Waals surface area contributed by atoms with Crippen LogP contribution in [0.15, 0.2) is 17.3 Å². The first-order chi connectivity index (χ1) is 3.80. The van der Waals surface area contributed by atoms with Crippen LogP contribution in [0.1, 0.15) is 0 Å². The number of hydrogen-bond donors (Lipinski definition) is 0. The van der Waals surface area contributed by atoms with E-state index >= 15 is 0 Å². The van der Waals surface area contributed by atoms with Crippen molar-refractivity contribution < 1.29 is 0 Å². The number of hydrogen-bond acceptors (Lipinski definition) is 2. The summed E-state index contributed by atoms with van der Waals surface area (Å²) in [5.74, 6) is 0. The molecule has 0 N–H and O–H groups in total. The second kappa shape index (κ2) is 2.48. The predicted octanol–water partition coefficient (Wildman–Crippen LogP) is 1.23. The summed E-state index contributed by atoms with van der Waals surface area (Å²) in [4.78, 5) is 6.15. The Morgan fingerprint density at radius 3 is 2.88 bits per heavy atom. The van der Waals surface area contributed by atoms with Gasteiger partial charge in [0, 0.05) is 19.5 Å². The Labute approximate surface area is 62.4 Å². The Morgan fingerprint density at radius 2 is 2.50 bits per heavy atom. The molecule has 0 saturated carbocycles. The summed E-state index contributed by atoms with van der Waals surface area (Å²) in [6.45, 7) is 0. The third-order valence-electron chi connectivity index (χ3n) is 0.952. The first kappa shape index (κ1) is 6.07. The Bertz CT molecular complexity index is 114. The second-order valence-corrected chi connectivity index (χ2v) is 2.73. The van der Waals surface area contributed by atoms with Gasteiger partial charge in [-0.2, -0.15) is 0 Å². The zero-order valence-electron chi connectivity index (χ0n) is 4.58. The third kappa shape index (κ3) is 1.21. The first-order valence-corrected chi connectivity index (χ1v) is 3.61. The Hall–Kier alpha value is -0.0600. The van der Waals surface area contributed by atoms with Crippen LogP contribution in [-0.2, 0) is 0 Å². The van der Waals surface area contributed by atoms with Crippen molar-refractivity contribution in [1.82, 2.24) is 4.90 Å². The van der Waals surface area contributed by atoms with Crippen molar-refractivity contribution in [1.29, 1.82) is 0 Å². The normalized spacial score (nSPS) is 26.8. The maximum absolute atomic E-state index is 4.11. The Kier molecular flexibility index (Phi) is 1.88. The zero-order chi connectivity index (χ0) is 5.98. The Morgan fingerprint density at radius 1 is 1.75 bits per heavy atom. The molecule has 0 aromatic heterocycles. The highest BCUT2D eigenvalue weighted by Crippen LogP contribution is 2.09. The fraction of sp³-hybridized carbons (Fsp3) is 0.400. The van der Waals surface area contributed by atoms with E-state index in [2.05, 4.69) is 27.6 Å². The van der Waals surface area contributed by atoms with Crippen LogP contribution in [-0.4, -0.2) is 22.3 Å². The van der Waals surface area contributed by atoms with E-state index in [9.17, 15) is 0 Å². The van der Waals surface area contributed by atoms with E-state index < -0.39 is 0 Å². The predicted molar refractivity (Wildman–Crippen MR) is 43.2 cm³/mol. The molecular weight excluding hydrogens is 215 g/mol. The lowest BCUT2D eigenvalue weighted by atomic mass is 10.6. The van der Waals surface area contributed by atoms with Gasteiger partial charge in [-0.3, -0.25) is 4.99 Å². The van der Waals surface area contributed by atoms with Crippen LogP contribution in [0, 0.1) is 0 Å². The molecule has 2 nitrogen and oxygen atoms in total. The lowest BCUT2D eigenvalue weighted by Gasteiger charge is -2.18. The van der Waals surface area contributed by atoms with Gasteiger partial charge in [0.05, 0.1) is 0 Å². The van der Waals surface area contributed by atoms with Crippen LogP contribution < -0.4 is 0 Å². The molecular formula is C5H7IN2. The largest absolute Gasteiger partial charge is 0.351 e. The van der Waals surface area contributed by atoms with Crippen molar-refractivity contribution >= 4 is 28.8 Å². The van der Waals surface area contributed by atoms with E-state index in [1.54, 1.807) is 0 Å². The topological polar surface area (TPSA) is 15.6 Å². The third-order valence-corrected chi connectivity index (χ3v) is 2.15. The fourth-order valence-corrected chi connectivity index (χ4v) is 0.843. The van der Waals surface area contributed by atoms with Crippen LogP contribution in [0.2, 0.25) is 0 Å². The number of nitrogens with zero attached hydrogens (tertiary/aromatic N) is 2. The SMILES string of the molecule is CN1C=CC=NC1I.